The normalized spacial score (nSPS) is 13.7. The van der Waals surface area contributed by atoms with Gasteiger partial charge in [0, 0.05) is 26.2 Å². The molecule has 0 fully saturated rings. The summed E-state index contributed by atoms with van der Waals surface area (Å²) in [6, 6.07) is 0. The lowest BCUT2D eigenvalue weighted by atomic mass is 9.97. The molecule has 30 heavy (non-hydrogen) atoms. The van der Waals surface area contributed by atoms with Gasteiger partial charge in [-0.2, -0.15) is 0 Å². The van der Waals surface area contributed by atoms with Crippen LogP contribution < -0.4 is 0 Å². The van der Waals surface area contributed by atoms with Crippen molar-refractivity contribution in [2.45, 2.75) is 91.6 Å². The lowest BCUT2D eigenvalue weighted by Crippen LogP contribution is -2.31. The first kappa shape index (κ1) is 27.9. The molecule has 3 unspecified atom stereocenters. The van der Waals surface area contributed by atoms with Crippen molar-refractivity contribution in [1.82, 2.24) is 0 Å². The Morgan fingerprint density at radius 3 is 1.83 bits per heavy atom. The fraction of sp³-hybridized carbons (Fsp3) is 0.818. The highest BCUT2D eigenvalue weighted by molar-refractivity contribution is 5.70. The van der Waals surface area contributed by atoms with Crippen molar-refractivity contribution in [3.05, 3.63) is 0 Å². The number of carboxylic acids is 1. The predicted octanol–water partition coefficient (Wildman–Crippen LogP) is 3.89. The Morgan fingerprint density at radius 2 is 1.33 bits per heavy atom. The van der Waals surface area contributed by atoms with E-state index in [1.54, 1.807) is 6.92 Å². The number of rotatable bonds is 17. The summed E-state index contributed by atoms with van der Waals surface area (Å²) >= 11 is 0. The Bertz CT molecular complexity index is 531. The molecule has 0 bridgehead atoms. The van der Waals surface area contributed by atoms with Crippen LogP contribution in [0.5, 0.6) is 0 Å². The van der Waals surface area contributed by atoms with E-state index < -0.39 is 30.0 Å². The maximum atomic E-state index is 12.2. The zero-order valence-corrected chi connectivity index (χ0v) is 18.8. The van der Waals surface area contributed by atoms with Crippen LogP contribution in [0.1, 0.15) is 85.5 Å². The molecule has 0 aromatic carbocycles. The Hall–Kier alpha value is -2.12. The van der Waals surface area contributed by atoms with Crippen LogP contribution in [0.2, 0.25) is 0 Å². The van der Waals surface area contributed by atoms with Crippen molar-refractivity contribution < 1.29 is 38.5 Å². The second kappa shape index (κ2) is 16.7. The quantitative estimate of drug-likeness (QED) is 0.210. The monoisotopic (exact) mass is 430 g/mol. The highest BCUT2D eigenvalue weighted by Gasteiger charge is 2.20. The van der Waals surface area contributed by atoms with Crippen LogP contribution in [-0.4, -0.2) is 48.3 Å². The van der Waals surface area contributed by atoms with Gasteiger partial charge in [0.2, 0.25) is 0 Å². The summed E-state index contributed by atoms with van der Waals surface area (Å²) in [5.41, 5.74) is 0. The smallest absolute Gasteiger partial charge is 0.306 e. The fourth-order valence-electron chi connectivity index (χ4n) is 2.97. The average Bonchev–Trinajstić information content (AvgIpc) is 2.65. The minimum atomic E-state index is -0.808. The van der Waals surface area contributed by atoms with Gasteiger partial charge in [0.1, 0.15) is 13.2 Å². The van der Waals surface area contributed by atoms with Gasteiger partial charge in [-0.3, -0.25) is 19.2 Å². The third-order valence-corrected chi connectivity index (χ3v) is 4.67. The molecular formula is C22H38O8. The van der Waals surface area contributed by atoms with Gasteiger partial charge < -0.3 is 19.3 Å². The van der Waals surface area contributed by atoms with Crippen LogP contribution >= 0.6 is 0 Å². The van der Waals surface area contributed by atoms with Crippen molar-refractivity contribution in [2.75, 3.05) is 13.2 Å². The maximum absolute atomic E-state index is 12.2. The highest BCUT2D eigenvalue weighted by atomic mass is 16.6. The van der Waals surface area contributed by atoms with E-state index in [0.29, 0.717) is 0 Å². The molecule has 0 saturated heterocycles. The van der Waals surface area contributed by atoms with E-state index in [0.717, 1.165) is 38.5 Å². The van der Waals surface area contributed by atoms with Gasteiger partial charge in [-0.25, -0.2) is 0 Å². The summed E-state index contributed by atoms with van der Waals surface area (Å²) in [4.78, 5) is 45.1. The topological polar surface area (TPSA) is 116 Å². The minimum Gasteiger partial charge on any atom is -0.481 e. The number of carbonyl (C=O) groups excluding carboxylic acids is 3. The van der Waals surface area contributed by atoms with Gasteiger partial charge in [0.15, 0.2) is 6.10 Å². The molecule has 0 spiro atoms. The van der Waals surface area contributed by atoms with Crippen LogP contribution in [0.4, 0.5) is 0 Å². The van der Waals surface area contributed by atoms with Crippen LogP contribution in [-0.2, 0) is 33.4 Å². The van der Waals surface area contributed by atoms with Crippen molar-refractivity contribution in [3.8, 4) is 0 Å². The number of aliphatic carboxylic acids is 1. The van der Waals surface area contributed by atoms with E-state index in [4.69, 9.17) is 19.3 Å². The molecule has 0 amide bonds. The summed E-state index contributed by atoms with van der Waals surface area (Å²) in [6.07, 6.45) is 5.77. The molecule has 0 rings (SSSR count). The van der Waals surface area contributed by atoms with Crippen molar-refractivity contribution in [2.24, 2.45) is 11.8 Å². The van der Waals surface area contributed by atoms with E-state index in [9.17, 15) is 19.2 Å². The first-order valence-corrected chi connectivity index (χ1v) is 10.8. The van der Waals surface area contributed by atoms with Gasteiger partial charge >= 0.3 is 23.9 Å². The second-order valence-corrected chi connectivity index (χ2v) is 7.95. The zero-order valence-electron chi connectivity index (χ0n) is 18.8. The number of carboxylic acid groups (broad SMARTS) is 1. The molecule has 8 nitrogen and oxygen atoms in total. The summed E-state index contributed by atoms with van der Waals surface area (Å²) in [5.74, 6) is -1.71. The second-order valence-electron chi connectivity index (χ2n) is 7.95. The number of hydrogen-bond acceptors (Lipinski definition) is 7. The van der Waals surface area contributed by atoms with Gasteiger partial charge in [-0.05, 0) is 11.8 Å². The number of ether oxygens (including phenoxy) is 3. The Morgan fingerprint density at radius 1 is 0.800 bits per heavy atom. The number of hydrogen-bond donors (Lipinski definition) is 1. The molecule has 0 aliphatic heterocycles. The molecule has 0 heterocycles. The molecule has 3 atom stereocenters. The molecule has 0 aliphatic rings. The molecule has 0 aromatic heterocycles. The van der Waals surface area contributed by atoms with Crippen LogP contribution in [0.15, 0.2) is 0 Å². The zero-order chi connectivity index (χ0) is 22.9. The van der Waals surface area contributed by atoms with Crippen molar-refractivity contribution in [1.29, 1.82) is 0 Å². The number of carbonyl (C=O) groups is 4. The summed E-state index contributed by atoms with van der Waals surface area (Å²) in [6.45, 7) is 6.57. The van der Waals surface area contributed by atoms with E-state index in [-0.39, 0.29) is 44.3 Å². The number of esters is 3. The van der Waals surface area contributed by atoms with E-state index in [2.05, 4.69) is 0 Å². The third-order valence-electron chi connectivity index (χ3n) is 4.67. The molecule has 0 aliphatic carbocycles. The fourth-order valence-corrected chi connectivity index (χ4v) is 2.97. The van der Waals surface area contributed by atoms with Crippen LogP contribution in [0.25, 0.3) is 0 Å². The Balaban J connectivity index is 4.09. The first-order valence-electron chi connectivity index (χ1n) is 10.8. The van der Waals surface area contributed by atoms with E-state index in [1.165, 1.54) is 6.92 Å². The molecule has 1 N–H and O–H groups in total. The van der Waals surface area contributed by atoms with Gasteiger partial charge in [-0.15, -0.1) is 0 Å². The summed E-state index contributed by atoms with van der Waals surface area (Å²) in [5, 5.41) is 8.75. The molecule has 0 aromatic rings. The predicted molar refractivity (Wildman–Crippen MR) is 111 cm³/mol. The van der Waals surface area contributed by atoms with Gasteiger partial charge in [-0.1, -0.05) is 59.3 Å². The SMILES string of the molecule is CCC(=O)OCC(COC(C)=O)OC(=O)CC(C)CCCCCCC(C)CC(=O)O. The highest BCUT2D eigenvalue weighted by Crippen LogP contribution is 2.18. The Labute approximate surface area is 179 Å². The van der Waals surface area contributed by atoms with E-state index in [1.807, 2.05) is 13.8 Å². The van der Waals surface area contributed by atoms with Crippen LogP contribution in [0.3, 0.4) is 0 Å². The third kappa shape index (κ3) is 16.8. The molecule has 174 valence electrons. The minimum absolute atomic E-state index is 0.139. The molecule has 0 saturated carbocycles. The standard InChI is InChI=1S/C22H38O8/c1-5-21(26)29-15-19(14-28-18(4)23)30-22(27)13-17(3)11-9-7-6-8-10-16(2)12-20(24)25/h16-17,19H,5-15H2,1-4H3,(H,24,25). The largest absolute Gasteiger partial charge is 0.481 e. The lowest BCUT2D eigenvalue weighted by molar-refractivity contribution is -0.166. The van der Waals surface area contributed by atoms with Gasteiger partial charge in [0.25, 0.3) is 0 Å². The summed E-state index contributed by atoms with van der Waals surface area (Å²) in [7, 11) is 0. The average molecular weight is 431 g/mol. The Kier molecular flexibility index (Phi) is 15.5. The van der Waals surface area contributed by atoms with Gasteiger partial charge in [0.05, 0.1) is 0 Å². The molecule has 8 heteroatoms. The first-order chi connectivity index (χ1) is 14.1. The molecular weight excluding hydrogens is 392 g/mol. The molecule has 0 radical (unpaired) electrons. The van der Waals surface area contributed by atoms with Crippen LogP contribution in [0, 0.1) is 11.8 Å². The lowest BCUT2D eigenvalue weighted by Gasteiger charge is -2.19. The summed E-state index contributed by atoms with van der Waals surface area (Å²) < 4.78 is 15.2. The van der Waals surface area contributed by atoms with Crippen molar-refractivity contribution in [3.63, 3.8) is 0 Å². The van der Waals surface area contributed by atoms with Crippen molar-refractivity contribution >= 4 is 23.9 Å². The number of unbranched alkanes of at least 4 members (excludes halogenated alkanes) is 3. The van der Waals surface area contributed by atoms with E-state index >= 15 is 0 Å². The maximum Gasteiger partial charge on any atom is 0.306 e.